The van der Waals surface area contributed by atoms with Crippen LogP contribution in [0.5, 0.6) is 0 Å². The minimum atomic E-state index is -1.54. The van der Waals surface area contributed by atoms with E-state index in [0.717, 1.165) is 4.90 Å². The van der Waals surface area contributed by atoms with Crippen molar-refractivity contribution in [3.8, 4) is 0 Å². The number of ether oxygens (including phenoxy) is 2. The molecule has 1 saturated heterocycles. The topological polar surface area (TPSA) is 238 Å². The van der Waals surface area contributed by atoms with E-state index in [2.05, 4.69) is 5.32 Å². The van der Waals surface area contributed by atoms with Gasteiger partial charge in [0, 0.05) is 19.4 Å². The molecule has 8 atom stereocenters. The molecule has 1 fully saturated rings. The minimum absolute atomic E-state index is 0. The fourth-order valence-corrected chi connectivity index (χ4v) is 3.55. The number of carboxylic acid groups (broad SMARTS) is 1. The van der Waals surface area contributed by atoms with Crippen LogP contribution in [-0.2, 0) is 28.7 Å². The molecule has 0 aromatic heterocycles. The number of aliphatic carboxylic acids is 1. The number of hydrogen-bond donors (Lipinski definition) is 6. The number of aliphatic hydroxyl groups excluding tert-OH is 3. The maximum atomic E-state index is 13.0. The van der Waals surface area contributed by atoms with Gasteiger partial charge in [0.2, 0.25) is 17.7 Å². The Hall–Kier alpha value is -1.36. The van der Waals surface area contributed by atoms with Crippen LogP contribution in [0, 0.1) is 0 Å². The molecule has 0 bridgehead atoms. The summed E-state index contributed by atoms with van der Waals surface area (Å²) in [5.74, 6) is -3.67. The average Bonchev–Trinajstić information content (AvgIpc) is 2.71. The number of nitrogens with one attached hydrogen (secondary N) is 1. The first-order valence-corrected chi connectivity index (χ1v) is 10.4. The summed E-state index contributed by atoms with van der Waals surface area (Å²) in [6.45, 7) is 3.12. The van der Waals surface area contributed by atoms with Crippen molar-refractivity contribution in [3.05, 3.63) is 0 Å². The first kappa shape index (κ1) is 32.6. The van der Waals surface area contributed by atoms with Gasteiger partial charge in [0.05, 0.1) is 18.8 Å². The van der Waals surface area contributed by atoms with E-state index < -0.39 is 85.5 Å². The number of carboxylic acids is 1. The third-order valence-corrected chi connectivity index (χ3v) is 5.16. The molecule has 0 aromatic rings. The SMILES string of the molecule is CC(=O)N[C@@H](C)C(=O)N(CC(C)O[C@@H]1[C@@H](N)[C@@H](O)O[C@H](CO)[C@H]1O)[C@H](CCC(=O)[O-])C(N)=O.[Na+]. The number of primary amides is 1. The van der Waals surface area contributed by atoms with Crippen LogP contribution in [0.2, 0.25) is 0 Å². The van der Waals surface area contributed by atoms with Gasteiger partial charge >= 0.3 is 29.6 Å². The molecule has 14 nitrogen and oxygen atoms in total. The quantitative estimate of drug-likeness (QED) is 0.138. The van der Waals surface area contributed by atoms with Crippen LogP contribution in [0.1, 0.15) is 33.6 Å². The van der Waals surface area contributed by atoms with Crippen molar-refractivity contribution in [2.75, 3.05) is 13.2 Å². The van der Waals surface area contributed by atoms with E-state index in [1.165, 1.54) is 20.8 Å². The molecule has 1 heterocycles. The van der Waals surface area contributed by atoms with Crippen LogP contribution in [0.3, 0.4) is 0 Å². The van der Waals surface area contributed by atoms with Gasteiger partial charge < -0.3 is 56.4 Å². The molecule has 0 aliphatic carbocycles. The number of hydrogen-bond acceptors (Lipinski definition) is 11. The Kier molecular flexibility index (Phi) is 14.3. The monoisotopic (exact) mass is 500 g/mol. The molecule has 190 valence electrons. The zero-order valence-electron chi connectivity index (χ0n) is 19.7. The second kappa shape index (κ2) is 14.9. The number of nitrogens with two attached hydrogens (primary N) is 2. The van der Waals surface area contributed by atoms with Crippen LogP contribution in [0.4, 0.5) is 0 Å². The molecular formula is C19H33N4NaO10. The Morgan fingerprint density at radius 1 is 1.24 bits per heavy atom. The number of carbonyl (C=O) groups is 4. The van der Waals surface area contributed by atoms with Gasteiger partial charge in [-0.15, -0.1) is 0 Å². The van der Waals surface area contributed by atoms with Crippen molar-refractivity contribution in [3.63, 3.8) is 0 Å². The molecular weight excluding hydrogens is 467 g/mol. The van der Waals surface area contributed by atoms with Crippen LogP contribution >= 0.6 is 0 Å². The fourth-order valence-electron chi connectivity index (χ4n) is 3.55. The number of rotatable bonds is 12. The summed E-state index contributed by atoms with van der Waals surface area (Å²) < 4.78 is 10.7. The molecule has 34 heavy (non-hydrogen) atoms. The first-order chi connectivity index (χ1) is 15.3. The van der Waals surface area contributed by atoms with Crippen LogP contribution in [-0.4, -0.2) is 106 Å². The number of amides is 3. The molecule has 1 aliphatic rings. The van der Waals surface area contributed by atoms with E-state index in [4.69, 9.17) is 20.9 Å². The Morgan fingerprint density at radius 3 is 2.29 bits per heavy atom. The molecule has 3 amide bonds. The number of aliphatic hydroxyl groups is 3. The molecule has 0 spiro atoms. The average molecular weight is 500 g/mol. The third-order valence-electron chi connectivity index (χ3n) is 5.16. The molecule has 0 saturated carbocycles. The van der Waals surface area contributed by atoms with E-state index in [1.54, 1.807) is 0 Å². The first-order valence-electron chi connectivity index (χ1n) is 10.4. The molecule has 1 unspecified atom stereocenters. The number of nitrogens with zero attached hydrogens (tertiary/aromatic N) is 1. The molecule has 1 rings (SSSR count). The molecule has 15 heteroatoms. The summed E-state index contributed by atoms with van der Waals surface area (Å²) in [5.41, 5.74) is 11.3. The molecule has 0 radical (unpaired) electrons. The molecule has 1 aliphatic heterocycles. The second-order valence-electron chi connectivity index (χ2n) is 7.97. The van der Waals surface area contributed by atoms with Crippen LogP contribution in [0.25, 0.3) is 0 Å². The van der Waals surface area contributed by atoms with Crippen molar-refractivity contribution in [2.45, 2.75) is 82.4 Å². The van der Waals surface area contributed by atoms with Gasteiger partial charge in [-0.1, -0.05) is 0 Å². The van der Waals surface area contributed by atoms with Gasteiger partial charge in [0.1, 0.15) is 30.4 Å². The summed E-state index contributed by atoms with van der Waals surface area (Å²) >= 11 is 0. The third kappa shape index (κ3) is 9.36. The smallest absolute Gasteiger partial charge is 0.550 e. The van der Waals surface area contributed by atoms with E-state index >= 15 is 0 Å². The maximum absolute atomic E-state index is 13.0. The zero-order valence-corrected chi connectivity index (χ0v) is 21.7. The Bertz CT molecular complexity index is 715. The summed E-state index contributed by atoms with van der Waals surface area (Å²) in [6, 6.07) is -3.63. The summed E-state index contributed by atoms with van der Waals surface area (Å²) in [7, 11) is 0. The summed E-state index contributed by atoms with van der Waals surface area (Å²) in [5, 5.41) is 42.9. The van der Waals surface area contributed by atoms with Crippen molar-refractivity contribution in [1.82, 2.24) is 10.2 Å². The Morgan fingerprint density at radius 2 is 1.82 bits per heavy atom. The zero-order chi connectivity index (χ0) is 25.5. The standard InChI is InChI=1S/C19H34N4O10.Na/c1-8(32-16-14(20)19(31)33-12(7-24)15(16)28)6-23(18(30)9(2)22-10(3)25)11(17(21)29)4-5-13(26)27;/h8-9,11-12,14-16,19,24,28,31H,4-7,20H2,1-3H3,(H2,21,29)(H,22,25)(H,26,27);/q;+1/p-1/t8?,9-,11+,12+,14+,15+,16+,19-;/m0./s1. The Balaban J connectivity index is 0.0000109. The maximum Gasteiger partial charge on any atom is 1.00 e. The van der Waals surface area contributed by atoms with Crippen molar-refractivity contribution in [2.24, 2.45) is 11.5 Å². The minimum Gasteiger partial charge on any atom is -0.550 e. The van der Waals surface area contributed by atoms with E-state index in [1.807, 2.05) is 0 Å². The van der Waals surface area contributed by atoms with Crippen molar-refractivity contribution >= 4 is 23.7 Å². The van der Waals surface area contributed by atoms with E-state index in [9.17, 15) is 39.6 Å². The van der Waals surface area contributed by atoms with Crippen molar-refractivity contribution < 1.29 is 78.6 Å². The van der Waals surface area contributed by atoms with Gasteiger partial charge in [-0.05, 0) is 26.7 Å². The Labute approximate surface area is 219 Å². The fraction of sp³-hybridized carbons (Fsp3) is 0.789. The molecule has 0 aromatic carbocycles. The van der Waals surface area contributed by atoms with E-state index in [-0.39, 0.29) is 42.5 Å². The van der Waals surface area contributed by atoms with Crippen LogP contribution in [0.15, 0.2) is 0 Å². The second-order valence-corrected chi connectivity index (χ2v) is 7.97. The van der Waals surface area contributed by atoms with Gasteiger partial charge in [-0.25, -0.2) is 0 Å². The predicted octanol–water partition coefficient (Wildman–Crippen LogP) is -8.10. The van der Waals surface area contributed by atoms with Gasteiger partial charge in [-0.3, -0.25) is 14.4 Å². The van der Waals surface area contributed by atoms with Gasteiger partial charge in [0.15, 0.2) is 6.29 Å². The van der Waals surface area contributed by atoms with E-state index in [0.29, 0.717) is 0 Å². The largest absolute Gasteiger partial charge is 1.00 e. The number of carbonyl (C=O) groups excluding carboxylic acids is 4. The molecule has 8 N–H and O–H groups in total. The van der Waals surface area contributed by atoms with Crippen LogP contribution < -0.4 is 51.4 Å². The van der Waals surface area contributed by atoms with Gasteiger partial charge in [-0.2, -0.15) is 0 Å². The summed E-state index contributed by atoms with van der Waals surface area (Å²) in [6.07, 6.45) is -7.15. The van der Waals surface area contributed by atoms with Gasteiger partial charge in [0.25, 0.3) is 0 Å². The summed E-state index contributed by atoms with van der Waals surface area (Å²) in [4.78, 5) is 48.3. The normalized spacial score (nSPS) is 27.0. The predicted molar refractivity (Wildman–Crippen MR) is 108 cm³/mol. The van der Waals surface area contributed by atoms with Crippen molar-refractivity contribution in [1.29, 1.82) is 0 Å².